The topological polar surface area (TPSA) is 74.0 Å². The Balaban J connectivity index is 1.48. The molecule has 1 aliphatic rings. The molecule has 4 rings (SSSR count). The molecule has 0 aliphatic heterocycles. The predicted octanol–water partition coefficient (Wildman–Crippen LogP) is 5.21. The van der Waals surface area contributed by atoms with Crippen LogP contribution in [0.5, 0.6) is 0 Å². The minimum Gasteiger partial charge on any atom is -0.358 e. The number of benzene rings is 2. The number of carbonyl (C=O) groups excluding carboxylic acids is 2. The van der Waals surface area contributed by atoms with Gasteiger partial charge in [-0.3, -0.25) is 9.59 Å². The number of hydrogen-bond acceptors (Lipinski definition) is 2. The van der Waals surface area contributed by atoms with E-state index in [0.717, 1.165) is 29.5 Å². The number of aromatic amines is 1. The molecule has 3 aromatic rings. The van der Waals surface area contributed by atoms with E-state index in [-0.39, 0.29) is 23.0 Å². The van der Waals surface area contributed by atoms with Crippen LogP contribution in [0.15, 0.2) is 36.4 Å². The molecule has 2 amide bonds. The van der Waals surface area contributed by atoms with E-state index >= 15 is 0 Å². The molecule has 3 unspecified atom stereocenters. The van der Waals surface area contributed by atoms with E-state index in [9.17, 15) is 31.5 Å². The Morgan fingerprint density at radius 2 is 1.78 bits per heavy atom. The number of para-hydroxylation sites is 1. The number of hydrogen-bond donors (Lipinski definition) is 3. The van der Waals surface area contributed by atoms with E-state index in [2.05, 4.69) is 15.6 Å². The van der Waals surface area contributed by atoms with Crippen LogP contribution in [0, 0.1) is 17.6 Å². The maximum atomic E-state index is 14.0. The molecule has 0 saturated heterocycles. The highest BCUT2D eigenvalue weighted by Gasteiger charge is 2.35. The number of alkyl halides is 3. The van der Waals surface area contributed by atoms with Crippen LogP contribution < -0.4 is 10.6 Å². The molecule has 10 heteroatoms. The van der Waals surface area contributed by atoms with E-state index in [1.807, 2.05) is 6.92 Å². The average molecular weight is 522 g/mol. The second kappa shape index (κ2) is 10.5. The molecular weight excluding hydrogens is 493 g/mol. The summed E-state index contributed by atoms with van der Waals surface area (Å²) in [5.74, 6) is -3.08. The minimum absolute atomic E-state index is 0.0390. The molecule has 5 nitrogen and oxygen atoms in total. The normalized spacial score (nSPS) is 17.2. The number of carbonyl (C=O) groups is 2. The van der Waals surface area contributed by atoms with E-state index in [1.54, 1.807) is 13.0 Å². The summed E-state index contributed by atoms with van der Waals surface area (Å²) in [5, 5.41) is 6.02. The lowest BCUT2D eigenvalue weighted by Gasteiger charge is -2.29. The largest absolute Gasteiger partial charge is 0.418 e. The zero-order valence-corrected chi connectivity index (χ0v) is 20.4. The molecule has 198 valence electrons. The zero-order chi connectivity index (χ0) is 26.9. The van der Waals surface area contributed by atoms with Gasteiger partial charge in [0.25, 0.3) is 0 Å². The van der Waals surface area contributed by atoms with Crippen molar-refractivity contribution in [2.45, 2.75) is 64.2 Å². The molecule has 0 bridgehead atoms. The van der Waals surface area contributed by atoms with Crippen LogP contribution in [0.3, 0.4) is 0 Å². The number of nitrogens with one attached hydrogen (secondary N) is 3. The van der Waals surface area contributed by atoms with Gasteiger partial charge in [-0.1, -0.05) is 38.5 Å². The molecule has 0 radical (unpaired) electrons. The fourth-order valence-electron chi connectivity index (χ4n) is 4.88. The molecule has 1 aliphatic carbocycles. The predicted molar refractivity (Wildman–Crippen MR) is 129 cm³/mol. The van der Waals surface area contributed by atoms with Crippen molar-refractivity contribution in [3.8, 4) is 0 Å². The summed E-state index contributed by atoms with van der Waals surface area (Å²) in [6, 6.07) is 6.08. The molecule has 3 atom stereocenters. The molecule has 1 aromatic heterocycles. The van der Waals surface area contributed by atoms with Gasteiger partial charge in [0.05, 0.1) is 17.5 Å². The summed E-state index contributed by atoms with van der Waals surface area (Å²) in [6.07, 6.45) is -3.18. The van der Waals surface area contributed by atoms with Gasteiger partial charge in [-0.05, 0) is 48.9 Å². The third-order valence-electron chi connectivity index (χ3n) is 7.09. The average Bonchev–Trinajstić information content (AvgIpc) is 3.21. The maximum absolute atomic E-state index is 14.0. The number of fused-ring (bicyclic) bond motifs is 3. The Bertz CT molecular complexity index is 1300. The molecule has 37 heavy (non-hydrogen) atoms. The summed E-state index contributed by atoms with van der Waals surface area (Å²) < 4.78 is 68.3. The number of halogens is 5. The Morgan fingerprint density at radius 3 is 2.43 bits per heavy atom. The number of amides is 2. The van der Waals surface area contributed by atoms with Crippen molar-refractivity contribution < 1.29 is 31.5 Å². The third kappa shape index (κ3) is 5.62. The van der Waals surface area contributed by atoms with Crippen molar-refractivity contribution in [2.75, 3.05) is 0 Å². The first-order valence-electron chi connectivity index (χ1n) is 12.2. The molecule has 0 spiro atoms. The number of aromatic nitrogens is 1. The Kier molecular flexibility index (Phi) is 7.57. The van der Waals surface area contributed by atoms with Crippen molar-refractivity contribution in [1.29, 1.82) is 0 Å². The molecule has 0 fully saturated rings. The highest BCUT2D eigenvalue weighted by atomic mass is 19.4. The maximum Gasteiger partial charge on any atom is 0.418 e. The van der Waals surface area contributed by atoms with Crippen LogP contribution >= 0.6 is 0 Å². The van der Waals surface area contributed by atoms with Gasteiger partial charge < -0.3 is 15.6 Å². The molecule has 1 heterocycles. The number of aryl methyl sites for hydroxylation is 1. The standard InChI is InChI=1S/C27H28F5N3O2/c1-3-14(2)24(35-23(36)13-18-20(28)8-5-9-21(18)29)26(37)33-15-10-11-22-17(12-15)16-6-4-7-19(25(16)34-22)27(30,31)32/h4-9,14-15,24,34H,3,10-13H2,1-2H3,(H,33,37)(H,35,36). The Hall–Kier alpha value is -3.43. The molecule has 2 aromatic carbocycles. The van der Waals surface area contributed by atoms with Gasteiger partial charge >= 0.3 is 6.18 Å². The van der Waals surface area contributed by atoms with E-state index in [1.165, 1.54) is 12.1 Å². The van der Waals surface area contributed by atoms with Crippen LogP contribution in [0.2, 0.25) is 0 Å². The Morgan fingerprint density at radius 1 is 1.11 bits per heavy atom. The molecule has 3 N–H and O–H groups in total. The van der Waals surface area contributed by atoms with Crippen LogP contribution in [0.1, 0.15) is 49.1 Å². The van der Waals surface area contributed by atoms with Crippen LogP contribution in [0.4, 0.5) is 22.0 Å². The summed E-state index contributed by atoms with van der Waals surface area (Å²) in [4.78, 5) is 28.7. The van der Waals surface area contributed by atoms with Gasteiger partial charge in [0.15, 0.2) is 0 Å². The second-order valence-corrected chi connectivity index (χ2v) is 9.56. The lowest BCUT2D eigenvalue weighted by Crippen LogP contribution is -2.53. The second-order valence-electron chi connectivity index (χ2n) is 9.56. The summed E-state index contributed by atoms with van der Waals surface area (Å²) in [7, 11) is 0. The fraction of sp³-hybridized carbons (Fsp3) is 0.407. The Labute approximate surface area is 210 Å². The fourth-order valence-corrected chi connectivity index (χ4v) is 4.88. The van der Waals surface area contributed by atoms with Crippen LogP contribution in [-0.4, -0.2) is 28.9 Å². The number of rotatable bonds is 7. The first-order chi connectivity index (χ1) is 17.5. The lowest BCUT2D eigenvalue weighted by atomic mass is 9.90. The molecule has 0 saturated carbocycles. The monoisotopic (exact) mass is 521 g/mol. The van der Waals surface area contributed by atoms with Crippen LogP contribution in [0.25, 0.3) is 10.9 Å². The third-order valence-corrected chi connectivity index (χ3v) is 7.09. The highest BCUT2D eigenvalue weighted by molar-refractivity contribution is 5.90. The first kappa shape index (κ1) is 26.6. The van der Waals surface area contributed by atoms with Crippen molar-refractivity contribution in [3.63, 3.8) is 0 Å². The van der Waals surface area contributed by atoms with Crippen molar-refractivity contribution in [1.82, 2.24) is 15.6 Å². The summed E-state index contributed by atoms with van der Waals surface area (Å²) in [5.41, 5.74) is 0.385. The zero-order valence-electron chi connectivity index (χ0n) is 20.4. The van der Waals surface area contributed by atoms with Crippen molar-refractivity contribution >= 4 is 22.7 Å². The van der Waals surface area contributed by atoms with Gasteiger partial charge in [-0.2, -0.15) is 13.2 Å². The summed E-state index contributed by atoms with van der Waals surface area (Å²) in [6.45, 7) is 3.64. The van der Waals surface area contributed by atoms with Gasteiger partial charge in [0, 0.05) is 22.7 Å². The molecular formula is C27H28F5N3O2. The summed E-state index contributed by atoms with van der Waals surface area (Å²) >= 11 is 0. The highest BCUT2D eigenvalue weighted by Crippen LogP contribution is 2.38. The van der Waals surface area contributed by atoms with Gasteiger partial charge in [-0.25, -0.2) is 8.78 Å². The van der Waals surface area contributed by atoms with E-state index in [0.29, 0.717) is 31.1 Å². The van der Waals surface area contributed by atoms with Crippen molar-refractivity contribution in [3.05, 3.63) is 70.4 Å². The van der Waals surface area contributed by atoms with Gasteiger partial charge in [-0.15, -0.1) is 0 Å². The smallest absolute Gasteiger partial charge is 0.358 e. The van der Waals surface area contributed by atoms with Gasteiger partial charge in [0.1, 0.15) is 17.7 Å². The quantitative estimate of drug-likeness (QED) is 0.374. The van der Waals surface area contributed by atoms with Gasteiger partial charge in [0.2, 0.25) is 11.8 Å². The van der Waals surface area contributed by atoms with E-state index < -0.39 is 47.7 Å². The lowest BCUT2D eigenvalue weighted by molar-refractivity contribution is -0.136. The van der Waals surface area contributed by atoms with Crippen LogP contribution in [-0.2, 0) is 35.0 Å². The first-order valence-corrected chi connectivity index (χ1v) is 12.2. The minimum atomic E-state index is -4.49. The number of H-pyrrole nitrogens is 1. The van der Waals surface area contributed by atoms with E-state index in [4.69, 9.17) is 0 Å². The van der Waals surface area contributed by atoms with Crippen molar-refractivity contribution in [2.24, 2.45) is 5.92 Å². The SMILES string of the molecule is CCC(C)C(NC(=O)Cc1c(F)cccc1F)C(=O)NC1CCc2[nH]c3c(C(F)(F)F)cccc3c2C1.